The Balaban J connectivity index is 1.93. The van der Waals surface area contributed by atoms with Gasteiger partial charge in [-0.3, -0.25) is 9.78 Å². The maximum atomic E-state index is 14.1. The summed E-state index contributed by atoms with van der Waals surface area (Å²) in [5.41, 5.74) is 3.56. The van der Waals surface area contributed by atoms with E-state index in [0.717, 1.165) is 22.0 Å². The molecule has 0 saturated heterocycles. The quantitative estimate of drug-likeness (QED) is 0.244. The van der Waals surface area contributed by atoms with Gasteiger partial charge in [0.1, 0.15) is 5.82 Å². The Kier molecular flexibility index (Phi) is 5.67. The number of nitrogens with zero attached hydrogens (tertiary/aromatic N) is 1. The molecule has 0 aliphatic heterocycles. The molecule has 0 fully saturated rings. The summed E-state index contributed by atoms with van der Waals surface area (Å²) in [6.45, 7) is 1.79. The molecule has 0 radical (unpaired) electrons. The van der Waals surface area contributed by atoms with Gasteiger partial charge in [0, 0.05) is 27.2 Å². The first kappa shape index (κ1) is 20.3. The summed E-state index contributed by atoms with van der Waals surface area (Å²) in [5.74, 6) is -0.782. The maximum absolute atomic E-state index is 14.1. The van der Waals surface area contributed by atoms with E-state index in [2.05, 4.69) is 4.98 Å². The van der Waals surface area contributed by atoms with Crippen LogP contribution in [0.3, 0.4) is 0 Å². The summed E-state index contributed by atoms with van der Waals surface area (Å²) >= 11 is 12.3. The monoisotopic (exact) mass is 435 g/mol. The number of aromatic nitrogens is 1. The van der Waals surface area contributed by atoms with Gasteiger partial charge >= 0.3 is 0 Å². The zero-order chi connectivity index (χ0) is 21.3. The summed E-state index contributed by atoms with van der Waals surface area (Å²) in [6, 6.07) is 19.4. The van der Waals surface area contributed by atoms with Crippen LogP contribution in [0.4, 0.5) is 4.39 Å². The summed E-state index contributed by atoms with van der Waals surface area (Å²) in [7, 11) is 0. The molecule has 1 heterocycles. The summed E-state index contributed by atoms with van der Waals surface area (Å²) in [5, 5.41) is 1.57. The van der Waals surface area contributed by atoms with Crippen molar-refractivity contribution in [1.82, 2.24) is 4.98 Å². The van der Waals surface area contributed by atoms with Gasteiger partial charge in [0.05, 0.1) is 16.1 Å². The molecule has 0 amide bonds. The second-order valence-electron chi connectivity index (χ2n) is 6.81. The predicted octanol–water partition coefficient (Wildman–Crippen LogP) is 7.55. The number of aryl methyl sites for hydroxylation is 1. The normalized spacial score (nSPS) is 11.3. The summed E-state index contributed by atoms with van der Waals surface area (Å²) in [4.78, 5) is 17.9. The fourth-order valence-electron chi connectivity index (χ4n) is 3.48. The van der Waals surface area contributed by atoms with E-state index in [9.17, 15) is 9.18 Å². The Morgan fingerprint density at radius 2 is 1.77 bits per heavy atom. The average Bonchev–Trinajstić information content (AvgIpc) is 2.73. The molecule has 2 nitrogen and oxygen atoms in total. The number of ketones is 1. The first-order valence-corrected chi connectivity index (χ1v) is 10.0. The van der Waals surface area contributed by atoms with Gasteiger partial charge in [0.25, 0.3) is 0 Å². The highest BCUT2D eigenvalue weighted by Gasteiger charge is 2.19. The second kappa shape index (κ2) is 8.39. The SMILES string of the molecule is Cc1nc2ccc(Cl)cc2c(-c2ccccc2)c1C(=O)/C=C/c1c(F)cccc1Cl. The molecular formula is C25H16Cl2FNO. The number of hydrogen-bond donors (Lipinski definition) is 0. The van der Waals surface area contributed by atoms with Crippen molar-refractivity contribution in [2.45, 2.75) is 6.92 Å². The minimum Gasteiger partial charge on any atom is -0.289 e. The van der Waals surface area contributed by atoms with E-state index in [1.54, 1.807) is 25.1 Å². The van der Waals surface area contributed by atoms with Gasteiger partial charge in [0.15, 0.2) is 5.78 Å². The Bertz CT molecular complexity index is 1280. The molecule has 0 saturated carbocycles. The lowest BCUT2D eigenvalue weighted by Crippen LogP contribution is -2.05. The van der Waals surface area contributed by atoms with Crippen molar-refractivity contribution in [3.05, 3.63) is 105 Å². The highest BCUT2D eigenvalue weighted by atomic mass is 35.5. The standard InChI is InChI=1S/C25H16Cl2FNO/c1-15-24(23(30)13-11-18-20(27)8-5-9-21(18)28)25(16-6-3-2-4-7-16)19-14-17(26)10-12-22(19)29-15/h2-14H,1H3/b13-11+. The van der Waals surface area contributed by atoms with Gasteiger partial charge in [-0.05, 0) is 55.0 Å². The molecule has 0 N–H and O–H groups in total. The molecular weight excluding hydrogens is 420 g/mol. The molecule has 4 aromatic rings. The summed E-state index contributed by atoms with van der Waals surface area (Å²) in [6.07, 6.45) is 2.73. The number of pyridine rings is 1. The lowest BCUT2D eigenvalue weighted by atomic mass is 9.92. The fraction of sp³-hybridized carbons (Fsp3) is 0.0400. The minimum atomic E-state index is -0.491. The number of hydrogen-bond acceptors (Lipinski definition) is 2. The van der Waals surface area contributed by atoms with Crippen molar-refractivity contribution in [2.75, 3.05) is 0 Å². The van der Waals surface area contributed by atoms with Crippen molar-refractivity contribution < 1.29 is 9.18 Å². The second-order valence-corrected chi connectivity index (χ2v) is 7.65. The van der Waals surface area contributed by atoms with Crippen molar-refractivity contribution in [3.63, 3.8) is 0 Å². The molecule has 0 bridgehead atoms. The van der Waals surface area contributed by atoms with E-state index in [1.165, 1.54) is 24.3 Å². The molecule has 0 aliphatic carbocycles. The zero-order valence-electron chi connectivity index (χ0n) is 16.0. The number of allylic oxidation sites excluding steroid dienone is 1. The average molecular weight is 436 g/mol. The first-order chi connectivity index (χ1) is 14.5. The van der Waals surface area contributed by atoms with Crippen LogP contribution in [0, 0.1) is 12.7 Å². The lowest BCUT2D eigenvalue weighted by Gasteiger charge is -2.14. The van der Waals surface area contributed by atoms with Crippen molar-refractivity contribution in [2.24, 2.45) is 0 Å². The van der Waals surface area contributed by atoms with Gasteiger partial charge in [-0.1, -0.05) is 59.6 Å². The third-order valence-electron chi connectivity index (χ3n) is 4.84. The molecule has 30 heavy (non-hydrogen) atoms. The zero-order valence-corrected chi connectivity index (χ0v) is 17.5. The van der Waals surface area contributed by atoms with Crippen LogP contribution in [0.15, 0.2) is 72.8 Å². The Morgan fingerprint density at radius 1 is 1.00 bits per heavy atom. The van der Waals surface area contributed by atoms with Gasteiger partial charge in [-0.2, -0.15) is 0 Å². The predicted molar refractivity (Wildman–Crippen MR) is 122 cm³/mol. The van der Waals surface area contributed by atoms with Crippen LogP contribution in [0.25, 0.3) is 28.1 Å². The van der Waals surface area contributed by atoms with E-state index in [4.69, 9.17) is 23.2 Å². The van der Waals surface area contributed by atoms with Crippen molar-refractivity contribution in [1.29, 1.82) is 0 Å². The molecule has 0 unspecified atom stereocenters. The van der Waals surface area contributed by atoms with Crippen LogP contribution in [-0.4, -0.2) is 10.8 Å². The summed E-state index contributed by atoms with van der Waals surface area (Å²) < 4.78 is 14.1. The highest BCUT2D eigenvalue weighted by molar-refractivity contribution is 6.32. The minimum absolute atomic E-state index is 0.170. The number of carbonyl (C=O) groups is 1. The van der Waals surface area contributed by atoms with E-state index in [-0.39, 0.29) is 16.4 Å². The molecule has 148 valence electrons. The van der Waals surface area contributed by atoms with E-state index >= 15 is 0 Å². The van der Waals surface area contributed by atoms with E-state index < -0.39 is 5.82 Å². The Labute approximate surface area is 183 Å². The third-order valence-corrected chi connectivity index (χ3v) is 5.40. The molecule has 0 atom stereocenters. The Morgan fingerprint density at radius 3 is 2.50 bits per heavy atom. The first-order valence-electron chi connectivity index (χ1n) is 9.27. The molecule has 5 heteroatoms. The molecule has 0 aliphatic rings. The van der Waals surface area contributed by atoms with Crippen molar-refractivity contribution in [3.8, 4) is 11.1 Å². The number of halogens is 3. The van der Waals surface area contributed by atoms with Crippen LogP contribution in [0.5, 0.6) is 0 Å². The lowest BCUT2D eigenvalue weighted by molar-refractivity contribution is 0.104. The van der Waals surface area contributed by atoms with Gasteiger partial charge in [0.2, 0.25) is 0 Å². The van der Waals surface area contributed by atoms with E-state index in [1.807, 2.05) is 36.4 Å². The fourth-order valence-corrected chi connectivity index (χ4v) is 3.87. The largest absolute Gasteiger partial charge is 0.289 e. The third kappa shape index (κ3) is 3.87. The number of fused-ring (bicyclic) bond motifs is 1. The topological polar surface area (TPSA) is 30.0 Å². The van der Waals surface area contributed by atoms with E-state index in [0.29, 0.717) is 16.3 Å². The van der Waals surface area contributed by atoms with Gasteiger partial charge in [-0.25, -0.2) is 4.39 Å². The molecule has 4 rings (SSSR count). The number of rotatable bonds is 4. The van der Waals surface area contributed by atoms with Crippen molar-refractivity contribution >= 4 is 46.0 Å². The smallest absolute Gasteiger partial charge is 0.188 e. The number of benzene rings is 3. The number of carbonyl (C=O) groups excluding carboxylic acids is 1. The van der Waals surface area contributed by atoms with Crippen LogP contribution in [0.2, 0.25) is 10.0 Å². The van der Waals surface area contributed by atoms with Crippen LogP contribution >= 0.6 is 23.2 Å². The van der Waals surface area contributed by atoms with Gasteiger partial charge < -0.3 is 0 Å². The van der Waals surface area contributed by atoms with Crippen LogP contribution < -0.4 is 0 Å². The molecule has 3 aromatic carbocycles. The van der Waals surface area contributed by atoms with Crippen LogP contribution in [0.1, 0.15) is 21.6 Å². The Hall–Kier alpha value is -3.01. The maximum Gasteiger partial charge on any atom is 0.188 e. The van der Waals surface area contributed by atoms with Crippen LogP contribution in [-0.2, 0) is 0 Å². The molecule has 1 aromatic heterocycles. The molecule has 0 spiro atoms. The highest BCUT2D eigenvalue weighted by Crippen LogP contribution is 2.35. The van der Waals surface area contributed by atoms with Gasteiger partial charge in [-0.15, -0.1) is 0 Å².